The molecule has 1 atom stereocenters. The predicted molar refractivity (Wildman–Crippen MR) is 63.1 cm³/mol. The average molecular weight is 218 g/mol. The third-order valence-electron chi connectivity index (χ3n) is 3.36. The Hall–Kier alpha value is -1.15. The summed E-state index contributed by atoms with van der Waals surface area (Å²) in [4.78, 5) is 11.9. The highest BCUT2D eigenvalue weighted by Crippen LogP contribution is 2.46. The first-order valence-electron chi connectivity index (χ1n) is 5.66. The maximum atomic E-state index is 11.9. The van der Waals surface area contributed by atoms with Gasteiger partial charge < -0.3 is 5.11 Å². The molecule has 86 valence electrons. The quantitative estimate of drug-likeness (QED) is 0.786. The zero-order valence-electron chi connectivity index (χ0n) is 10.1. The van der Waals surface area contributed by atoms with E-state index in [0.717, 1.165) is 11.1 Å². The molecule has 1 aliphatic carbocycles. The summed E-state index contributed by atoms with van der Waals surface area (Å²) in [6.07, 6.45) is 0.971. The zero-order valence-corrected chi connectivity index (χ0v) is 10.1. The molecule has 2 rings (SSSR count). The normalized spacial score (nSPS) is 28.4. The van der Waals surface area contributed by atoms with Crippen LogP contribution in [0.3, 0.4) is 0 Å². The van der Waals surface area contributed by atoms with Crippen LogP contribution >= 0.6 is 0 Å². The smallest absolute Gasteiger partial charge is 0.169 e. The van der Waals surface area contributed by atoms with Crippen molar-refractivity contribution in [3.8, 4) is 0 Å². The van der Waals surface area contributed by atoms with Gasteiger partial charge in [0.2, 0.25) is 0 Å². The van der Waals surface area contributed by atoms with Gasteiger partial charge in [-0.15, -0.1) is 0 Å². The van der Waals surface area contributed by atoms with Gasteiger partial charge in [0.25, 0.3) is 0 Å². The maximum Gasteiger partial charge on any atom is 0.169 e. The first-order chi connectivity index (χ1) is 7.33. The van der Waals surface area contributed by atoms with Crippen molar-refractivity contribution < 1.29 is 9.90 Å². The number of aliphatic hydroxyl groups is 1. The fraction of sp³-hybridized carbons (Fsp3) is 0.500. The lowest BCUT2D eigenvalue weighted by Crippen LogP contribution is -2.30. The number of rotatable bonds is 1. The molecule has 0 radical (unpaired) electrons. The standard InChI is InChI=1S/C14H18O2/c1-10-4-6-11(7-5-10)14(16)9-13(2,3)8-12(14)15/h4-7,16H,8-9H2,1-3H3. The Morgan fingerprint density at radius 3 is 2.19 bits per heavy atom. The van der Waals surface area contributed by atoms with E-state index in [1.165, 1.54) is 0 Å². The summed E-state index contributed by atoms with van der Waals surface area (Å²) in [6.45, 7) is 6.04. The van der Waals surface area contributed by atoms with Crippen molar-refractivity contribution in [2.24, 2.45) is 5.41 Å². The van der Waals surface area contributed by atoms with Crippen molar-refractivity contribution in [2.45, 2.75) is 39.2 Å². The second-order valence-electron chi connectivity index (χ2n) is 5.67. The van der Waals surface area contributed by atoms with Gasteiger partial charge in [-0.1, -0.05) is 43.7 Å². The second kappa shape index (κ2) is 3.42. The van der Waals surface area contributed by atoms with Gasteiger partial charge in [0.1, 0.15) is 5.60 Å². The largest absolute Gasteiger partial charge is 0.377 e. The molecule has 2 nitrogen and oxygen atoms in total. The van der Waals surface area contributed by atoms with Crippen molar-refractivity contribution in [1.82, 2.24) is 0 Å². The molecule has 1 saturated carbocycles. The van der Waals surface area contributed by atoms with Gasteiger partial charge in [0.05, 0.1) is 0 Å². The molecule has 1 fully saturated rings. The molecule has 16 heavy (non-hydrogen) atoms. The summed E-state index contributed by atoms with van der Waals surface area (Å²) < 4.78 is 0. The van der Waals surface area contributed by atoms with E-state index < -0.39 is 5.60 Å². The Morgan fingerprint density at radius 1 is 1.19 bits per heavy atom. The fourth-order valence-electron chi connectivity index (χ4n) is 2.53. The molecule has 1 N–H and O–H groups in total. The minimum absolute atomic E-state index is 0.0543. The van der Waals surface area contributed by atoms with Crippen LogP contribution in [-0.2, 0) is 10.4 Å². The molecule has 0 spiro atoms. The summed E-state index contributed by atoms with van der Waals surface area (Å²) in [6, 6.07) is 7.58. The van der Waals surface area contributed by atoms with Crippen molar-refractivity contribution in [1.29, 1.82) is 0 Å². The lowest BCUT2D eigenvalue weighted by molar-refractivity contribution is -0.134. The summed E-state index contributed by atoms with van der Waals surface area (Å²) in [7, 11) is 0. The third-order valence-corrected chi connectivity index (χ3v) is 3.36. The van der Waals surface area contributed by atoms with Crippen LogP contribution in [0.5, 0.6) is 0 Å². The SMILES string of the molecule is Cc1ccc(C2(O)CC(C)(C)CC2=O)cc1. The predicted octanol–water partition coefficient (Wildman–Crippen LogP) is 2.57. The highest BCUT2D eigenvalue weighted by atomic mass is 16.3. The Labute approximate surface area is 96.3 Å². The van der Waals surface area contributed by atoms with E-state index in [1.54, 1.807) is 0 Å². The second-order valence-corrected chi connectivity index (χ2v) is 5.67. The molecule has 0 bridgehead atoms. The van der Waals surface area contributed by atoms with E-state index in [9.17, 15) is 9.90 Å². The highest BCUT2D eigenvalue weighted by Gasteiger charge is 2.49. The Kier molecular flexibility index (Phi) is 2.43. The summed E-state index contributed by atoms with van der Waals surface area (Å²) in [5.74, 6) is -0.0543. The zero-order chi connectivity index (χ0) is 12.0. The molecule has 2 heteroatoms. The van der Waals surface area contributed by atoms with Gasteiger partial charge in [0.15, 0.2) is 5.78 Å². The van der Waals surface area contributed by atoms with Gasteiger partial charge >= 0.3 is 0 Å². The first-order valence-corrected chi connectivity index (χ1v) is 5.66. The number of carbonyl (C=O) groups is 1. The third kappa shape index (κ3) is 1.78. The van der Waals surface area contributed by atoms with E-state index in [0.29, 0.717) is 12.8 Å². The lowest BCUT2D eigenvalue weighted by atomic mass is 9.85. The molecular formula is C14H18O2. The minimum Gasteiger partial charge on any atom is -0.377 e. The number of aryl methyl sites for hydroxylation is 1. The van der Waals surface area contributed by atoms with E-state index in [1.807, 2.05) is 45.0 Å². The van der Waals surface area contributed by atoms with Crippen LogP contribution in [0.2, 0.25) is 0 Å². The molecular weight excluding hydrogens is 200 g/mol. The molecule has 0 saturated heterocycles. The van der Waals surface area contributed by atoms with Gasteiger partial charge in [-0.25, -0.2) is 0 Å². The molecule has 0 amide bonds. The Bertz CT molecular complexity index is 417. The number of hydrogen-bond donors (Lipinski definition) is 1. The number of Topliss-reactive ketones (excluding diaryl/α,β-unsaturated/α-hetero) is 1. The Morgan fingerprint density at radius 2 is 1.75 bits per heavy atom. The summed E-state index contributed by atoms with van der Waals surface area (Å²) >= 11 is 0. The first kappa shape index (κ1) is 11.3. The van der Waals surface area contributed by atoms with Crippen molar-refractivity contribution in [3.05, 3.63) is 35.4 Å². The van der Waals surface area contributed by atoms with Gasteiger partial charge in [0, 0.05) is 6.42 Å². The number of carbonyl (C=O) groups excluding carboxylic acids is 1. The number of benzene rings is 1. The molecule has 1 aromatic carbocycles. The van der Waals surface area contributed by atoms with Crippen LogP contribution in [0.1, 0.15) is 37.8 Å². The van der Waals surface area contributed by atoms with Crippen molar-refractivity contribution >= 4 is 5.78 Å². The van der Waals surface area contributed by atoms with Crippen LogP contribution in [0.25, 0.3) is 0 Å². The topological polar surface area (TPSA) is 37.3 Å². The molecule has 1 aliphatic rings. The highest BCUT2D eigenvalue weighted by molar-refractivity contribution is 5.91. The van der Waals surface area contributed by atoms with Gasteiger partial charge in [-0.2, -0.15) is 0 Å². The van der Waals surface area contributed by atoms with E-state index in [2.05, 4.69) is 0 Å². The molecule has 0 heterocycles. The summed E-state index contributed by atoms with van der Waals surface area (Å²) in [5.41, 5.74) is 0.499. The van der Waals surface area contributed by atoms with Crippen LogP contribution in [-0.4, -0.2) is 10.9 Å². The van der Waals surface area contributed by atoms with E-state index in [4.69, 9.17) is 0 Å². The number of hydrogen-bond acceptors (Lipinski definition) is 2. The maximum absolute atomic E-state index is 11.9. The average Bonchev–Trinajstić information content (AvgIpc) is 2.37. The van der Waals surface area contributed by atoms with E-state index >= 15 is 0 Å². The minimum atomic E-state index is -1.27. The molecule has 0 aliphatic heterocycles. The van der Waals surface area contributed by atoms with Crippen molar-refractivity contribution in [2.75, 3.05) is 0 Å². The van der Waals surface area contributed by atoms with Gasteiger partial charge in [-0.05, 0) is 24.3 Å². The lowest BCUT2D eigenvalue weighted by Gasteiger charge is -2.24. The Balaban J connectivity index is 2.40. The van der Waals surface area contributed by atoms with Crippen LogP contribution in [0.4, 0.5) is 0 Å². The molecule has 1 aromatic rings. The monoisotopic (exact) mass is 218 g/mol. The van der Waals surface area contributed by atoms with Crippen LogP contribution < -0.4 is 0 Å². The van der Waals surface area contributed by atoms with Crippen LogP contribution in [0, 0.1) is 12.3 Å². The molecule has 1 unspecified atom stereocenters. The number of ketones is 1. The fourth-order valence-corrected chi connectivity index (χ4v) is 2.53. The summed E-state index contributed by atoms with van der Waals surface area (Å²) in [5, 5.41) is 10.5. The van der Waals surface area contributed by atoms with E-state index in [-0.39, 0.29) is 11.2 Å². The van der Waals surface area contributed by atoms with Crippen molar-refractivity contribution in [3.63, 3.8) is 0 Å². The van der Waals surface area contributed by atoms with Crippen LogP contribution in [0.15, 0.2) is 24.3 Å². The molecule has 0 aromatic heterocycles. The van der Waals surface area contributed by atoms with Gasteiger partial charge in [-0.3, -0.25) is 4.79 Å².